The number of benzene rings is 1. The van der Waals surface area contributed by atoms with E-state index in [1.807, 2.05) is 11.9 Å². The average Bonchev–Trinajstić information content (AvgIpc) is 2.78. The second-order valence-electron chi connectivity index (χ2n) is 4.87. The zero-order valence-corrected chi connectivity index (χ0v) is 14.1. The van der Waals surface area contributed by atoms with Gasteiger partial charge in [0.1, 0.15) is 0 Å². The molecule has 0 fully saturated rings. The highest BCUT2D eigenvalue weighted by molar-refractivity contribution is 7.10. The van der Waals surface area contributed by atoms with Crippen LogP contribution in [-0.2, 0) is 11.3 Å². The summed E-state index contributed by atoms with van der Waals surface area (Å²) in [5.74, 6) is -0.101. The number of amides is 1. The van der Waals surface area contributed by atoms with E-state index in [1.54, 1.807) is 29.5 Å². The summed E-state index contributed by atoms with van der Waals surface area (Å²) in [6, 6.07) is 7.09. The third-order valence-corrected chi connectivity index (χ3v) is 4.56. The van der Waals surface area contributed by atoms with Crippen LogP contribution in [-0.4, -0.2) is 24.4 Å². The zero-order chi connectivity index (χ0) is 15.4. The summed E-state index contributed by atoms with van der Waals surface area (Å²) in [6.07, 6.45) is 0. The van der Waals surface area contributed by atoms with Gasteiger partial charge in [-0.1, -0.05) is 23.2 Å². The molecule has 1 aromatic heterocycles. The average molecular weight is 343 g/mol. The normalized spacial score (nSPS) is 10.9. The second kappa shape index (κ2) is 7.27. The molecule has 0 radical (unpaired) electrons. The van der Waals surface area contributed by atoms with Gasteiger partial charge in [0.05, 0.1) is 17.3 Å². The molecule has 0 aliphatic rings. The summed E-state index contributed by atoms with van der Waals surface area (Å²) in [5.41, 5.74) is 1.83. The van der Waals surface area contributed by atoms with Crippen LogP contribution < -0.4 is 5.32 Å². The molecule has 3 nitrogen and oxygen atoms in total. The van der Waals surface area contributed by atoms with Gasteiger partial charge in [-0.25, -0.2) is 0 Å². The van der Waals surface area contributed by atoms with E-state index < -0.39 is 0 Å². The topological polar surface area (TPSA) is 32.3 Å². The first-order valence-corrected chi connectivity index (χ1v) is 8.05. The summed E-state index contributed by atoms with van der Waals surface area (Å²) < 4.78 is 0. The molecule has 0 saturated carbocycles. The fraction of sp³-hybridized carbons (Fsp3) is 0.267. The van der Waals surface area contributed by atoms with E-state index in [1.165, 1.54) is 10.4 Å². The van der Waals surface area contributed by atoms with Crippen LogP contribution in [0.25, 0.3) is 0 Å². The molecule has 2 aromatic rings. The number of aryl methyl sites for hydroxylation is 1. The number of thiophene rings is 1. The van der Waals surface area contributed by atoms with Crippen LogP contribution in [0.5, 0.6) is 0 Å². The van der Waals surface area contributed by atoms with Crippen molar-refractivity contribution in [3.05, 3.63) is 50.1 Å². The van der Waals surface area contributed by atoms with Gasteiger partial charge in [-0.15, -0.1) is 11.3 Å². The Hall–Kier alpha value is -1.07. The molecule has 112 valence electrons. The van der Waals surface area contributed by atoms with Crippen LogP contribution in [0, 0.1) is 6.92 Å². The number of hydrogen-bond acceptors (Lipinski definition) is 3. The van der Waals surface area contributed by atoms with Gasteiger partial charge < -0.3 is 5.32 Å². The highest BCUT2D eigenvalue weighted by Gasteiger charge is 2.11. The monoisotopic (exact) mass is 342 g/mol. The van der Waals surface area contributed by atoms with Gasteiger partial charge in [0.25, 0.3) is 0 Å². The van der Waals surface area contributed by atoms with Crippen LogP contribution in [0.2, 0.25) is 10.0 Å². The molecule has 21 heavy (non-hydrogen) atoms. The molecule has 2 rings (SSSR count). The summed E-state index contributed by atoms with van der Waals surface area (Å²) in [7, 11) is 1.92. The van der Waals surface area contributed by atoms with Gasteiger partial charge in [-0.2, -0.15) is 0 Å². The lowest BCUT2D eigenvalue weighted by atomic mass is 10.3. The lowest BCUT2D eigenvalue weighted by Gasteiger charge is -2.16. The number of nitrogens with one attached hydrogen (secondary N) is 1. The van der Waals surface area contributed by atoms with Crippen molar-refractivity contribution in [2.45, 2.75) is 13.5 Å². The van der Waals surface area contributed by atoms with Gasteiger partial charge in [0, 0.05) is 16.4 Å². The molecule has 0 atom stereocenters. The Morgan fingerprint density at radius 1 is 1.33 bits per heavy atom. The predicted octanol–water partition coefficient (Wildman–Crippen LogP) is 4.43. The van der Waals surface area contributed by atoms with Crippen molar-refractivity contribution in [1.82, 2.24) is 4.90 Å². The molecular weight excluding hydrogens is 327 g/mol. The molecule has 0 aliphatic heterocycles. The smallest absolute Gasteiger partial charge is 0.238 e. The highest BCUT2D eigenvalue weighted by atomic mass is 35.5. The van der Waals surface area contributed by atoms with Crippen LogP contribution >= 0.6 is 34.5 Å². The minimum Gasteiger partial charge on any atom is -0.324 e. The molecular formula is C15H16Cl2N2OS. The van der Waals surface area contributed by atoms with Gasteiger partial charge in [-0.3, -0.25) is 9.69 Å². The van der Waals surface area contributed by atoms with Crippen molar-refractivity contribution < 1.29 is 4.79 Å². The van der Waals surface area contributed by atoms with Crippen molar-refractivity contribution in [3.63, 3.8) is 0 Å². The Labute approximate surface area is 138 Å². The fourth-order valence-electron chi connectivity index (χ4n) is 1.89. The SMILES string of the molecule is Cc1ccsc1CN(C)CC(=O)Nc1ccc(Cl)cc1Cl. The van der Waals surface area contributed by atoms with E-state index >= 15 is 0 Å². The summed E-state index contributed by atoms with van der Waals surface area (Å²) in [5, 5.41) is 5.84. The fourth-order valence-corrected chi connectivity index (χ4v) is 3.33. The van der Waals surface area contributed by atoms with E-state index in [0.29, 0.717) is 22.3 Å². The molecule has 6 heteroatoms. The maximum absolute atomic E-state index is 12.0. The molecule has 0 bridgehead atoms. The van der Waals surface area contributed by atoms with E-state index in [0.717, 1.165) is 6.54 Å². The Balaban J connectivity index is 1.90. The third kappa shape index (κ3) is 4.71. The minimum absolute atomic E-state index is 0.101. The lowest BCUT2D eigenvalue weighted by molar-refractivity contribution is -0.117. The molecule has 0 unspecified atom stereocenters. The maximum Gasteiger partial charge on any atom is 0.238 e. The molecule has 0 aliphatic carbocycles. The molecule has 1 aromatic carbocycles. The number of nitrogens with zero attached hydrogens (tertiary/aromatic N) is 1. The highest BCUT2D eigenvalue weighted by Crippen LogP contribution is 2.25. The van der Waals surface area contributed by atoms with Crippen LogP contribution in [0.15, 0.2) is 29.6 Å². The third-order valence-electron chi connectivity index (χ3n) is 3.00. The van der Waals surface area contributed by atoms with E-state index in [-0.39, 0.29) is 5.91 Å². The number of carbonyl (C=O) groups excluding carboxylic acids is 1. The first kappa shape index (κ1) is 16.3. The first-order valence-electron chi connectivity index (χ1n) is 6.42. The van der Waals surface area contributed by atoms with Crippen LogP contribution in [0.4, 0.5) is 5.69 Å². The second-order valence-corrected chi connectivity index (χ2v) is 6.72. The Morgan fingerprint density at radius 2 is 2.10 bits per heavy atom. The van der Waals surface area contributed by atoms with Gasteiger partial charge in [-0.05, 0) is 49.2 Å². The van der Waals surface area contributed by atoms with E-state index in [2.05, 4.69) is 23.7 Å². The molecule has 0 spiro atoms. The van der Waals surface area contributed by atoms with Crippen molar-refractivity contribution >= 4 is 46.1 Å². The van der Waals surface area contributed by atoms with Crippen LogP contribution in [0.1, 0.15) is 10.4 Å². The van der Waals surface area contributed by atoms with Crippen molar-refractivity contribution in [2.75, 3.05) is 18.9 Å². The van der Waals surface area contributed by atoms with E-state index in [4.69, 9.17) is 23.2 Å². The first-order chi connectivity index (χ1) is 9.95. The number of anilines is 1. The Morgan fingerprint density at radius 3 is 2.71 bits per heavy atom. The maximum atomic E-state index is 12.0. The lowest BCUT2D eigenvalue weighted by Crippen LogP contribution is -2.29. The summed E-state index contributed by atoms with van der Waals surface area (Å²) >= 11 is 13.6. The molecule has 1 N–H and O–H groups in total. The number of rotatable bonds is 5. The van der Waals surface area contributed by atoms with Crippen LogP contribution in [0.3, 0.4) is 0 Å². The van der Waals surface area contributed by atoms with Gasteiger partial charge >= 0.3 is 0 Å². The van der Waals surface area contributed by atoms with Crippen molar-refractivity contribution in [1.29, 1.82) is 0 Å². The quantitative estimate of drug-likeness (QED) is 0.871. The van der Waals surface area contributed by atoms with Crippen molar-refractivity contribution in [3.8, 4) is 0 Å². The minimum atomic E-state index is -0.101. The number of likely N-dealkylation sites (N-methyl/N-ethyl adjacent to an activating group) is 1. The molecule has 1 heterocycles. The Kier molecular flexibility index (Phi) is 5.65. The van der Waals surface area contributed by atoms with Gasteiger partial charge in [0.2, 0.25) is 5.91 Å². The largest absolute Gasteiger partial charge is 0.324 e. The predicted molar refractivity (Wildman–Crippen MR) is 90.5 cm³/mol. The Bertz CT molecular complexity index is 642. The number of hydrogen-bond donors (Lipinski definition) is 1. The summed E-state index contributed by atoms with van der Waals surface area (Å²) in [6.45, 7) is 3.13. The van der Waals surface area contributed by atoms with Crippen molar-refractivity contribution in [2.24, 2.45) is 0 Å². The van der Waals surface area contributed by atoms with E-state index in [9.17, 15) is 4.79 Å². The molecule has 0 saturated heterocycles. The number of halogens is 2. The van der Waals surface area contributed by atoms with Gasteiger partial charge in [0.15, 0.2) is 0 Å². The molecule has 1 amide bonds. The standard InChI is InChI=1S/C15H16Cl2N2OS/c1-10-5-6-21-14(10)8-19(2)9-15(20)18-13-4-3-11(16)7-12(13)17/h3-7H,8-9H2,1-2H3,(H,18,20). The summed E-state index contributed by atoms with van der Waals surface area (Å²) in [4.78, 5) is 15.3. The number of carbonyl (C=O) groups is 1. The zero-order valence-electron chi connectivity index (χ0n) is 11.8.